The Hall–Kier alpha value is -2.17. The molecule has 0 spiro atoms. The first-order valence-corrected chi connectivity index (χ1v) is 7.03. The molecule has 5 nitrogen and oxygen atoms in total. The van der Waals surface area contributed by atoms with Gasteiger partial charge in [-0.15, -0.1) is 0 Å². The Morgan fingerprint density at radius 1 is 1.24 bits per heavy atom. The minimum Gasteiger partial charge on any atom is -0.481 e. The second-order valence-electron chi connectivity index (χ2n) is 5.69. The summed E-state index contributed by atoms with van der Waals surface area (Å²) in [5.41, 5.74) is 1.53. The van der Waals surface area contributed by atoms with Crippen LogP contribution in [-0.4, -0.2) is 27.8 Å². The molecule has 1 aromatic carbocycles. The summed E-state index contributed by atoms with van der Waals surface area (Å²) >= 11 is 0. The lowest BCUT2D eigenvalue weighted by atomic mass is 9.96. The number of imide groups is 1. The molecule has 1 atom stereocenters. The highest BCUT2D eigenvalue weighted by Gasteiger charge is 2.30. The van der Waals surface area contributed by atoms with Crippen LogP contribution in [0.1, 0.15) is 43.7 Å². The van der Waals surface area contributed by atoms with E-state index in [1.807, 2.05) is 6.92 Å². The van der Waals surface area contributed by atoms with E-state index in [-0.39, 0.29) is 24.3 Å². The molecule has 1 N–H and O–H groups in total. The summed E-state index contributed by atoms with van der Waals surface area (Å²) in [5.74, 6) is -1.61. The molecule has 1 heterocycles. The van der Waals surface area contributed by atoms with Crippen molar-refractivity contribution in [2.75, 3.05) is 0 Å². The van der Waals surface area contributed by atoms with Crippen molar-refractivity contribution in [2.24, 2.45) is 5.92 Å². The average molecular weight is 289 g/mol. The molecule has 1 aromatic rings. The highest BCUT2D eigenvalue weighted by molar-refractivity contribution is 5.97. The summed E-state index contributed by atoms with van der Waals surface area (Å²) < 4.78 is 0. The molecule has 0 bridgehead atoms. The minimum atomic E-state index is -0.877. The van der Waals surface area contributed by atoms with Gasteiger partial charge in [0.05, 0.1) is 12.5 Å². The van der Waals surface area contributed by atoms with Gasteiger partial charge in [0, 0.05) is 12.8 Å². The summed E-state index contributed by atoms with van der Waals surface area (Å²) in [6.45, 7) is 3.78. The first kappa shape index (κ1) is 15.2. The normalized spacial score (nSPS) is 17.9. The third-order valence-electron chi connectivity index (χ3n) is 3.84. The van der Waals surface area contributed by atoms with Crippen LogP contribution in [0.4, 0.5) is 0 Å². The second kappa shape index (κ2) is 6.08. The molecule has 112 valence electrons. The van der Waals surface area contributed by atoms with Gasteiger partial charge >= 0.3 is 5.97 Å². The number of hydrogen-bond acceptors (Lipinski definition) is 3. The van der Waals surface area contributed by atoms with E-state index in [4.69, 9.17) is 5.11 Å². The fourth-order valence-electron chi connectivity index (χ4n) is 2.44. The number of aliphatic carboxylic acids is 1. The number of hydrogen-bond donors (Lipinski definition) is 1. The van der Waals surface area contributed by atoms with Gasteiger partial charge in [0.2, 0.25) is 11.8 Å². The summed E-state index contributed by atoms with van der Waals surface area (Å²) in [5, 5.41) is 8.96. The van der Waals surface area contributed by atoms with Crippen LogP contribution < -0.4 is 0 Å². The topological polar surface area (TPSA) is 74.7 Å². The Morgan fingerprint density at radius 3 is 2.24 bits per heavy atom. The number of benzene rings is 1. The molecule has 21 heavy (non-hydrogen) atoms. The third-order valence-corrected chi connectivity index (χ3v) is 3.84. The Labute approximate surface area is 123 Å². The van der Waals surface area contributed by atoms with Crippen molar-refractivity contribution in [1.82, 2.24) is 4.90 Å². The predicted molar refractivity (Wildman–Crippen MR) is 76.4 cm³/mol. The van der Waals surface area contributed by atoms with E-state index in [1.54, 1.807) is 31.2 Å². The van der Waals surface area contributed by atoms with E-state index in [0.29, 0.717) is 18.4 Å². The lowest BCUT2D eigenvalue weighted by Gasteiger charge is -2.28. The van der Waals surface area contributed by atoms with Gasteiger partial charge in [0.25, 0.3) is 0 Å². The smallest absolute Gasteiger partial charge is 0.310 e. The Balaban J connectivity index is 2.08. The van der Waals surface area contributed by atoms with Gasteiger partial charge in [-0.05, 0) is 24.0 Å². The summed E-state index contributed by atoms with van der Waals surface area (Å²) in [7, 11) is 0. The number of likely N-dealkylation sites (tertiary alicyclic amines) is 1. The third kappa shape index (κ3) is 3.48. The van der Waals surface area contributed by atoms with E-state index in [9.17, 15) is 14.4 Å². The van der Waals surface area contributed by atoms with Gasteiger partial charge in [-0.3, -0.25) is 19.3 Å². The molecule has 1 aliphatic rings. The maximum absolute atomic E-state index is 11.9. The number of carbonyl (C=O) groups excluding carboxylic acids is 2. The standard InChI is InChI=1S/C16H19NO4/c1-10-7-14(18)17(15(19)8-10)9-12-3-5-13(6-4-12)11(2)16(20)21/h3-6,10-11H,7-9H2,1-2H3,(H,20,21). The van der Waals surface area contributed by atoms with Crippen LogP contribution in [0.2, 0.25) is 0 Å². The van der Waals surface area contributed by atoms with E-state index >= 15 is 0 Å². The van der Waals surface area contributed by atoms with Crippen molar-refractivity contribution in [3.63, 3.8) is 0 Å². The van der Waals surface area contributed by atoms with Gasteiger partial charge in [-0.1, -0.05) is 31.2 Å². The predicted octanol–water partition coefficient (Wildman–Crippen LogP) is 2.16. The molecule has 1 aliphatic heterocycles. The lowest BCUT2D eigenvalue weighted by molar-refractivity contribution is -0.150. The van der Waals surface area contributed by atoms with Crippen LogP contribution in [0.3, 0.4) is 0 Å². The van der Waals surface area contributed by atoms with Crippen LogP contribution in [0, 0.1) is 5.92 Å². The van der Waals surface area contributed by atoms with Gasteiger partial charge in [-0.25, -0.2) is 0 Å². The molecule has 0 aliphatic carbocycles. The highest BCUT2D eigenvalue weighted by Crippen LogP contribution is 2.22. The zero-order chi connectivity index (χ0) is 15.6. The molecule has 0 aromatic heterocycles. The Morgan fingerprint density at radius 2 is 1.76 bits per heavy atom. The molecular weight excluding hydrogens is 270 g/mol. The quantitative estimate of drug-likeness (QED) is 0.862. The monoisotopic (exact) mass is 289 g/mol. The average Bonchev–Trinajstić information content (AvgIpc) is 2.42. The van der Waals surface area contributed by atoms with Gasteiger partial charge in [-0.2, -0.15) is 0 Å². The van der Waals surface area contributed by atoms with Crippen LogP contribution >= 0.6 is 0 Å². The Kier molecular flexibility index (Phi) is 4.40. The number of nitrogens with zero attached hydrogens (tertiary/aromatic N) is 1. The van der Waals surface area contributed by atoms with Gasteiger partial charge in [0.15, 0.2) is 0 Å². The van der Waals surface area contributed by atoms with Crippen LogP contribution in [0.15, 0.2) is 24.3 Å². The van der Waals surface area contributed by atoms with Crippen molar-refractivity contribution in [2.45, 2.75) is 39.2 Å². The molecule has 2 rings (SSSR count). The van der Waals surface area contributed by atoms with Crippen molar-refractivity contribution < 1.29 is 19.5 Å². The molecule has 5 heteroatoms. The maximum atomic E-state index is 11.9. The molecule has 1 fully saturated rings. The number of rotatable bonds is 4. The minimum absolute atomic E-state index is 0.111. The van der Waals surface area contributed by atoms with Gasteiger partial charge in [0.1, 0.15) is 0 Å². The highest BCUT2D eigenvalue weighted by atomic mass is 16.4. The van der Waals surface area contributed by atoms with Crippen molar-refractivity contribution in [3.05, 3.63) is 35.4 Å². The summed E-state index contributed by atoms with van der Waals surface area (Å²) in [4.78, 5) is 36.0. The van der Waals surface area contributed by atoms with E-state index in [2.05, 4.69) is 0 Å². The molecule has 2 amide bonds. The molecule has 1 unspecified atom stereocenters. The lowest BCUT2D eigenvalue weighted by Crippen LogP contribution is -2.42. The number of amides is 2. The molecule has 0 radical (unpaired) electrons. The zero-order valence-corrected chi connectivity index (χ0v) is 12.2. The first-order chi connectivity index (χ1) is 9.88. The number of piperidine rings is 1. The SMILES string of the molecule is CC1CC(=O)N(Cc2ccc(C(C)C(=O)O)cc2)C(=O)C1. The number of carboxylic acid groups (broad SMARTS) is 1. The maximum Gasteiger partial charge on any atom is 0.310 e. The Bertz CT molecular complexity index is 546. The van der Waals surface area contributed by atoms with Crippen LogP contribution in [-0.2, 0) is 20.9 Å². The number of carboxylic acids is 1. The zero-order valence-electron chi connectivity index (χ0n) is 12.2. The van der Waals surface area contributed by atoms with Crippen LogP contribution in [0.5, 0.6) is 0 Å². The molecule has 1 saturated heterocycles. The van der Waals surface area contributed by atoms with Crippen LogP contribution in [0.25, 0.3) is 0 Å². The van der Waals surface area contributed by atoms with Gasteiger partial charge < -0.3 is 5.11 Å². The van der Waals surface area contributed by atoms with E-state index < -0.39 is 11.9 Å². The van der Waals surface area contributed by atoms with Crippen molar-refractivity contribution in [3.8, 4) is 0 Å². The first-order valence-electron chi connectivity index (χ1n) is 7.03. The fourth-order valence-corrected chi connectivity index (χ4v) is 2.44. The fraction of sp³-hybridized carbons (Fsp3) is 0.438. The summed E-state index contributed by atoms with van der Waals surface area (Å²) in [6, 6.07) is 7.01. The largest absolute Gasteiger partial charge is 0.481 e. The second-order valence-corrected chi connectivity index (χ2v) is 5.69. The van der Waals surface area contributed by atoms with E-state index in [1.165, 1.54) is 4.90 Å². The van der Waals surface area contributed by atoms with Crippen molar-refractivity contribution in [1.29, 1.82) is 0 Å². The molecule has 0 saturated carbocycles. The van der Waals surface area contributed by atoms with E-state index in [0.717, 1.165) is 5.56 Å². The summed E-state index contributed by atoms with van der Waals surface area (Å²) in [6.07, 6.45) is 0.805. The van der Waals surface area contributed by atoms with Crippen molar-refractivity contribution >= 4 is 17.8 Å². The molecular formula is C16H19NO4. The number of carbonyl (C=O) groups is 3.